The molecule has 42 heavy (non-hydrogen) atoms. The van der Waals surface area contributed by atoms with Crippen molar-refractivity contribution in [3.05, 3.63) is 35.2 Å². The maximum absolute atomic E-state index is 15.3. The molecular formula is C20H21F2N10O8PS. The van der Waals surface area contributed by atoms with E-state index in [4.69, 9.17) is 41.8 Å². The SMILES string of the molecule is Nc1nc2c(ncn2[C@@H]2O[C@H](CO)[C@@H](F)[C@H]2OP(O)(=S)OC[C@H]2OC(n3cnc4c(N)ncnc43)=C(F)[C@@H]2O)c(=O)[nH]1. The first kappa shape index (κ1) is 28.4. The molecular weight excluding hydrogens is 609 g/mol. The fraction of sp³-hybridized carbons (Fsp3) is 0.400. The average molecular weight is 630 g/mol. The van der Waals surface area contributed by atoms with Crippen molar-refractivity contribution in [3.63, 3.8) is 0 Å². The maximum Gasteiger partial charge on any atom is 0.325 e. The molecule has 224 valence electrons. The first-order chi connectivity index (χ1) is 20.0. The molecule has 6 heterocycles. The van der Waals surface area contributed by atoms with Gasteiger partial charge in [0.2, 0.25) is 11.8 Å². The molecule has 0 saturated carbocycles. The van der Waals surface area contributed by atoms with Crippen molar-refractivity contribution in [1.29, 1.82) is 0 Å². The summed E-state index contributed by atoms with van der Waals surface area (Å²) in [6.45, 7) is -5.83. The number of imidazole rings is 2. The summed E-state index contributed by atoms with van der Waals surface area (Å²) < 4.78 is 54.3. The van der Waals surface area contributed by atoms with E-state index in [2.05, 4.69) is 29.9 Å². The molecule has 8 N–H and O–H groups in total. The molecule has 7 atom stereocenters. The van der Waals surface area contributed by atoms with E-state index in [1.54, 1.807) is 0 Å². The summed E-state index contributed by atoms with van der Waals surface area (Å²) in [5.41, 5.74) is 10.7. The number of hydrogen-bond donors (Lipinski definition) is 6. The van der Waals surface area contributed by atoms with E-state index in [9.17, 15) is 24.3 Å². The number of aliphatic hydroxyl groups is 2. The van der Waals surface area contributed by atoms with Crippen LogP contribution >= 0.6 is 6.72 Å². The number of hydrogen-bond acceptors (Lipinski definition) is 15. The fourth-order valence-corrected chi connectivity index (χ4v) is 5.92. The number of ether oxygens (including phenoxy) is 2. The Labute approximate surface area is 236 Å². The minimum Gasteiger partial charge on any atom is -0.468 e. The summed E-state index contributed by atoms with van der Waals surface area (Å²) in [4.78, 5) is 45.0. The van der Waals surface area contributed by atoms with Crippen molar-refractivity contribution >= 4 is 58.5 Å². The molecule has 0 radical (unpaired) electrons. The first-order valence-corrected chi connectivity index (χ1v) is 14.5. The third-order valence-electron chi connectivity index (χ3n) is 6.49. The van der Waals surface area contributed by atoms with Gasteiger partial charge in [-0.05, 0) is 11.8 Å². The first-order valence-electron chi connectivity index (χ1n) is 12.0. The second-order valence-electron chi connectivity index (χ2n) is 9.10. The summed E-state index contributed by atoms with van der Waals surface area (Å²) in [5, 5.41) is 20.0. The Kier molecular flexibility index (Phi) is 7.14. The number of alkyl halides is 1. The van der Waals surface area contributed by atoms with Gasteiger partial charge in [0.25, 0.3) is 5.56 Å². The van der Waals surface area contributed by atoms with Gasteiger partial charge in [-0.1, -0.05) is 0 Å². The van der Waals surface area contributed by atoms with E-state index in [1.165, 1.54) is 0 Å². The second kappa shape index (κ2) is 10.5. The van der Waals surface area contributed by atoms with Gasteiger partial charge in [0.05, 0.1) is 19.5 Å². The highest BCUT2D eigenvalue weighted by Gasteiger charge is 2.50. The number of aromatic amines is 1. The fourth-order valence-electron chi connectivity index (χ4n) is 4.51. The Morgan fingerprint density at radius 1 is 1.17 bits per heavy atom. The quantitative estimate of drug-likeness (QED) is 0.125. The monoisotopic (exact) mass is 630 g/mol. The lowest BCUT2D eigenvalue weighted by Crippen LogP contribution is -2.32. The van der Waals surface area contributed by atoms with Crippen molar-refractivity contribution in [1.82, 2.24) is 39.0 Å². The number of aromatic nitrogens is 8. The van der Waals surface area contributed by atoms with E-state index in [-0.39, 0.29) is 34.1 Å². The normalized spacial score (nSPS) is 27.6. The molecule has 18 nitrogen and oxygen atoms in total. The molecule has 1 saturated heterocycles. The summed E-state index contributed by atoms with van der Waals surface area (Å²) in [6, 6.07) is 0. The molecule has 0 spiro atoms. The highest BCUT2D eigenvalue weighted by atomic mass is 32.5. The van der Waals surface area contributed by atoms with E-state index in [0.717, 1.165) is 28.1 Å². The second-order valence-corrected chi connectivity index (χ2v) is 11.9. The predicted octanol–water partition coefficient (Wildman–Crippen LogP) is -1.17. The van der Waals surface area contributed by atoms with E-state index < -0.39 is 74.0 Å². The number of nitrogens with zero attached hydrogens (tertiary/aromatic N) is 7. The van der Waals surface area contributed by atoms with Gasteiger partial charge in [-0.25, -0.2) is 28.7 Å². The summed E-state index contributed by atoms with van der Waals surface area (Å²) in [5.74, 6) is -1.78. The highest BCUT2D eigenvalue weighted by Crippen LogP contribution is 2.51. The lowest BCUT2D eigenvalue weighted by molar-refractivity contribution is -0.0489. The number of aliphatic hydroxyl groups excluding tert-OH is 2. The van der Waals surface area contributed by atoms with Gasteiger partial charge >= 0.3 is 6.72 Å². The molecule has 4 aromatic heterocycles. The van der Waals surface area contributed by atoms with Gasteiger partial charge in [-0.2, -0.15) is 4.98 Å². The Hall–Kier alpha value is -3.69. The van der Waals surface area contributed by atoms with Crippen LogP contribution in [0.3, 0.4) is 0 Å². The smallest absolute Gasteiger partial charge is 0.325 e. The third-order valence-corrected chi connectivity index (χ3v) is 8.05. The summed E-state index contributed by atoms with van der Waals surface area (Å²) in [6.07, 6.45) is -6.46. The number of nitrogens with one attached hydrogen (secondary N) is 1. The van der Waals surface area contributed by atoms with Crippen LogP contribution in [0.25, 0.3) is 28.2 Å². The highest BCUT2D eigenvalue weighted by molar-refractivity contribution is 8.07. The van der Waals surface area contributed by atoms with Gasteiger partial charge in [0.15, 0.2) is 52.5 Å². The van der Waals surface area contributed by atoms with Crippen LogP contribution in [0, 0.1) is 0 Å². The minimum atomic E-state index is -4.36. The van der Waals surface area contributed by atoms with Crippen LogP contribution in [-0.2, 0) is 30.3 Å². The van der Waals surface area contributed by atoms with E-state index in [1.807, 2.05) is 0 Å². The standard InChI is InChI=1S/C20H21F2N10O8PS/c21-8-6(1-33)38-19(32-5-28-11-16(32)29-20(24)30-17(11)35)13(8)40-41(36,42)37-2-7-12(34)9(22)18(39-7)31-4-27-10-14(23)25-3-26-15(10)31/h3-8,12-13,19,33-34H,1-2H2,(H,36,42)(H2,23,25,26)(H3,24,29,30,35)/t6-,7-,8-,12-,13-,19-,41?/m1/s1. The molecule has 0 amide bonds. The summed E-state index contributed by atoms with van der Waals surface area (Å²) >= 11 is 5.05. The molecule has 0 aliphatic carbocycles. The molecule has 1 fully saturated rings. The zero-order chi connectivity index (χ0) is 29.9. The number of nitrogen functional groups attached to an aromatic ring is 2. The van der Waals surface area contributed by atoms with Crippen molar-refractivity contribution in [3.8, 4) is 0 Å². The number of H-pyrrole nitrogens is 1. The molecule has 0 bridgehead atoms. The van der Waals surface area contributed by atoms with Crippen molar-refractivity contribution in [2.45, 2.75) is 36.8 Å². The molecule has 22 heteroatoms. The average Bonchev–Trinajstić information content (AvgIpc) is 3.69. The van der Waals surface area contributed by atoms with Crippen LogP contribution in [0.1, 0.15) is 6.23 Å². The molecule has 2 aliphatic heterocycles. The number of halogens is 2. The van der Waals surface area contributed by atoms with Gasteiger partial charge in [0, 0.05) is 0 Å². The van der Waals surface area contributed by atoms with Crippen LogP contribution in [0.4, 0.5) is 20.5 Å². The largest absolute Gasteiger partial charge is 0.468 e. The van der Waals surface area contributed by atoms with E-state index >= 15 is 4.39 Å². The topological polar surface area (TPSA) is 257 Å². The summed E-state index contributed by atoms with van der Waals surface area (Å²) in [7, 11) is 0. The van der Waals surface area contributed by atoms with Crippen LogP contribution in [0.15, 0.2) is 29.6 Å². The number of nitrogens with two attached hydrogens (primary N) is 2. The Bertz CT molecular complexity index is 1820. The van der Waals surface area contributed by atoms with Crippen LogP contribution in [0.5, 0.6) is 0 Å². The lowest BCUT2D eigenvalue weighted by Gasteiger charge is -2.26. The number of rotatable bonds is 8. The zero-order valence-corrected chi connectivity index (χ0v) is 22.6. The number of anilines is 2. The molecule has 2 aliphatic rings. The predicted molar refractivity (Wildman–Crippen MR) is 141 cm³/mol. The third kappa shape index (κ3) is 4.78. The molecule has 1 unspecified atom stereocenters. The van der Waals surface area contributed by atoms with Gasteiger partial charge in [-0.15, -0.1) is 0 Å². The van der Waals surface area contributed by atoms with Crippen molar-refractivity contribution in [2.75, 3.05) is 24.7 Å². The Morgan fingerprint density at radius 3 is 2.69 bits per heavy atom. The Balaban J connectivity index is 1.19. The van der Waals surface area contributed by atoms with Crippen LogP contribution in [0.2, 0.25) is 0 Å². The van der Waals surface area contributed by atoms with Crippen molar-refractivity contribution in [2.24, 2.45) is 0 Å². The van der Waals surface area contributed by atoms with E-state index in [0.29, 0.717) is 0 Å². The lowest BCUT2D eigenvalue weighted by atomic mass is 10.1. The molecule has 0 aromatic carbocycles. The van der Waals surface area contributed by atoms with Crippen LogP contribution < -0.4 is 17.0 Å². The number of fused-ring (bicyclic) bond motifs is 2. The van der Waals surface area contributed by atoms with Gasteiger partial charge in [-0.3, -0.25) is 23.4 Å². The Morgan fingerprint density at radius 2 is 1.93 bits per heavy atom. The molecule has 4 aromatic rings. The van der Waals surface area contributed by atoms with Gasteiger partial charge < -0.3 is 40.6 Å². The van der Waals surface area contributed by atoms with Gasteiger partial charge in [0.1, 0.15) is 31.0 Å². The zero-order valence-electron chi connectivity index (χ0n) is 20.9. The minimum absolute atomic E-state index is 0.0369. The van der Waals surface area contributed by atoms with Crippen LogP contribution in [-0.4, -0.2) is 97.9 Å². The maximum atomic E-state index is 15.3. The van der Waals surface area contributed by atoms with Crippen molar-refractivity contribution < 1.29 is 42.4 Å². The molecule has 6 rings (SSSR count).